The molecule has 58 valence electrons. The molecule has 11 heavy (non-hydrogen) atoms. The molecule has 0 radical (unpaired) electrons. The topological polar surface area (TPSA) is 0 Å². The van der Waals surface area contributed by atoms with Crippen molar-refractivity contribution in [1.29, 1.82) is 0 Å². The molecule has 0 N–H and O–H groups in total. The molecule has 0 spiro atoms. The van der Waals surface area contributed by atoms with E-state index in [4.69, 9.17) is 0 Å². The summed E-state index contributed by atoms with van der Waals surface area (Å²) in [5.41, 5.74) is 0. The monoisotopic (exact) mass is 146 g/mol. The smallest absolute Gasteiger partial charge is 0.0104 e. The van der Waals surface area contributed by atoms with Crippen molar-refractivity contribution in [3.05, 3.63) is 36.5 Å². The predicted octanol–water partition coefficient (Wildman–Crippen LogP) is 2.94. The summed E-state index contributed by atoms with van der Waals surface area (Å²) < 4.78 is 0. The van der Waals surface area contributed by atoms with Crippen LogP contribution in [-0.4, -0.2) is 0 Å². The van der Waals surface area contributed by atoms with Crippen LogP contribution >= 0.6 is 0 Å². The molecule has 0 bridgehead atoms. The Bertz CT molecular complexity index is 220. The Balaban J connectivity index is 2.23. The van der Waals surface area contributed by atoms with Crippen LogP contribution in [0.1, 0.15) is 13.3 Å². The second-order valence-electron chi connectivity index (χ2n) is 3.53. The van der Waals surface area contributed by atoms with Gasteiger partial charge < -0.3 is 0 Å². The van der Waals surface area contributed by atoms with Crippen molar-refractivity contribution in [2.75, 3.05) is 0 Å². The van der Waals surface area contributed by atoms with Crippen LogP contribution in [0.4, 0.5) is 0 Å². The van der Waals surface area contributed by atoms with Crippen molar-refractivity contribution in [1.82, 2.24) is 0 Å². The fraction of sp³-hybridized carbons (Fsp3) is 0.455. The first-order valence-corrected chi connectivity index (χ1v) is 4.39. The molecule has 2 aliphatic rings. The Hall–Kier alpha value is -0.780. The molecule has 0 amide bonds. The summed E-state index contributed by atoms with van der Waals surface area (Å²) in [6.45, 7) is 2.30. The lowest BCUT2D eigenvalue weighted by Crippen LogP contribution is -2.21. The van der Waals surface area contributed by atoms with Gasteiger partial charge in [0.2, 0.25) is 0 Å². The summed E-state index contributed by atoms with van der Waals surface area (Å²) in [7, 11) is 0. The first kappa shape index (κ1) is 6.90. The third kappa shape index (κ3) is 1.18. The molecule has 0 nitrogen and oxygen atoms in total. The minimum Gasteiger partial charge on any atom is -0.0876 e. The number of allylic oxidation sites excluding steroid dienone is 6. The Morgan fingerprint density at radius 1 is 1.09 bits per heavy atom. The highest BCUT2D eigenvalue weighted by molar-refractivity contribution is 5.19. The van der Waals surface area contributed by atoms with Gasteiger partial charge in [0.05, 0.1) is 0 Å². The molecule has 3 atom stereocenters. The average Bonchev–Trinajstić information content (AvgIpc) is 2.06. The molecule has 2 rings (SSSR count). The van der Waals surface area contributed by atoms with Crippen LogP contribution in [0.15, 0.2) is 36.5 Å². The van der Waals surface area contributed by atoms with E-state index in [1.54, 1.807) is 0 Å². The molecule has 0 saturated heterocycles. The Labute approximate surface area is 68.3 Å². The number of hydrogen-bond acceptors (Lipinski definition) is 0. The molecule has 2 aliphatic carbocycles. The molecule has 0 aromatic rings. The first-order valence-electron chi connectivity index (χ1n) is 4.39. The molecule has 0 aromatic carbocycles. The summed E-state index contributed by atoms with van der Waals surface area (Å²) in [5.74, 6) is 2.28. The normalized spacial score (nSPS) is 40.6. The van der Waals surface area contributed by atoms with E-state index < -0.39 is 0 Å². The highest BCUT2D eigenvalue weighted by Gasteiger charge is 2.24. The zero-order chi connectivity index (χ0) is 7.68. The van der Waals surface area contributed by atoms with Crippen molar-refractivity contribution >= 4 is 0 Å². The SMILES string of the molecule is CC1C=CCC2C=CC=CC12. The van der Waals surface area contributed by atoms with Gasteiger partial charge in [-0.1, -0.05) is 43.4 Å². The third-order valence-corrected chi connectivity index (χ3v) is 2.75. The Morgan fingerprint density at radius 2 is 1.91 bits per heavy atom. The van der Waals surface area contributed by atoms with Crippen LogP contribution in [0.2, 0.25) is 0 Å². The predicted molar refractivity (Wildman–Crippen MR) is 48.2 cm³/mol. The highest BCUT2D eigenvalue weighted by Crippen LogP contribution is 2.33. The van der Waals surface area contributed by atoms with Crippen LogP contribution in [-0.2, 0) is 0 Å². The second kappa shape index (κ2) is 2.69. The van der Waals surface area contributed by atoms with Gasteiger partial charge in [0.1, 0.15) is 0 Å². The molecule has 3 unspecified atom stereocenters. The lowest BCUT2D eigenvalue weighted by atomic mass is 9.75. The summed E-state index contributed by atoms with van der Waals surface area (Å²) >= 11 is 0. The van der Waals surface area contributed by atoms with Crippen LogP contribution in [0.5, 0.6) is 0 Å². The summed E-state index contributed by atoms with van der Waals surface area (Å²) in [6, 6.07) is 0. The van der Waals surface area contributed by atoms with Crippen LogP contribution in [0.25, 0.3) is 0 Å². The number of rotatable bonds is 0. The van der Waals surface area contributed by atoms with Gasteiger partial charge in [-0.15, -0.1) is 0 Å². The van der Waals surface area contributed by atoms with Crippen molar-refractivity contribution < 1.29 is 0 Å². The molecule has 0 heterocycles. The molecule has 0 fully saturated rings. The maximum Gasteiger partial charge on any atom is -0.0104 e. The van der Waals surface area contributed by atoms with E-state index in [0.29, 0.717) is 0 Å². The summed E-state index contributed by atoms with van der Waals surface area (Å²) in [6.07, 6.45) is 14.9. The van der Waals surface area contributed by atoms with Crippen molar-refractivity contribution in [2.45, 2.75) is 13.3 Å². The van der Waals surface area contributed by atoms with Crippen LogP contribution in [0.3, 0.4) is 0 Å². The van der Waals surface area contributed by atoms with Gasteiger partial charge in [0.15, 0.2) is 0 Å². The van der Waals surface area contributed by atoms with Gasteiger partial charge in [-0.25, -0.2) is 0 Å². The van der Waals surface area contributed by atoms with Gasteiger partial charge in [0, 0.05) is 0 Å². The van der Waals surface area contributed by atoms with Crippen molar-refractivity contribution in [3.8, 4) is 0 Å². The van der Waals surface area contributed by atoms with E-state index >= 15 is 0 Å². The second-order valence-corrected chi connectivity index (χ2v) is 3.53. The minimum absolute atomic E-state index is 0.731. The standard InChI is InChI=1S/C11H14/c1-9-5-4-7-10-6-2-3-8-11(9)10/h2-6,8-11H,7H2,1H3. The Kier molecular flexibility index (Phi) is 1.69. The fourth-order valence-electron chi connectivity index (χ4n) is 2.05. The summed E-state index contributed by atoms with van der Waals surface area (Å²) in [5, 5.41) is 0. The lowest BCUT2D eigenvalue weighted by Gasteiger charge is -2.30. The lowest BCUT2D eigenvalue weighted by molar-refractivity contribution is 0.372. The zero-order valence-corrected chi connectivity index (χ0v) is 6.90. The van der Waals surface area contributed by atoms with Crippen molar-refractivity contribution in [2.24, 2.45) is 17.8 Å². The van der Waals surface area contributed by atoms with Gasteiger partial charge in [-0.05, 0) is 24.2 Å². The maximum absolute atomic E-state index is 2.35. The van der Waals surface area contributed by atoms with Crippen LogP contribution in [0, 0.1) is 17.8 Å². The minimum atomic E-state index is 0.731. The Morgan fingerprint density at radius 3 is 2.73 bits per heavy atom. The van der Waals surface area contributed by atoms with Gasteiger partial charge >= 0.3 is 0 Å². The largest absolute Gasteiger partial charge is 0.0876 e. The van der Waals surface area contributed by atoms with E-state index in [9.17, 15) is 0 Å². The van der Waals surface area contributed by atoms with E-state index in [0.717, 1.165) is 17.8 Å². The first-order chi connectivity index (χ1) is 5.38. The quantitative estimate of drug-likeness (QED) is 0.461. The molecule has 0 saturated carbocycles. The summed E-state index contributed by atoms with van der Waals surface area (Å²) in [4.78, 5) is 0. The molecular weight excluding hydrogens is 132 g/mol. The average molecular weight is 146 g/mol. The van der Waals surface area contributed by atoms with Gasteiger partial charge in [-0.3, -0.25) is 0 Å². The third-order valence-electron chi connectivity index (χ3n) is 2.75. The number of fused-ring (bicyclic) bond motifs is 1. The number of hydrogen-bond donors (Lipinski definition) is 0. The fourth-order valence-corrected chi connectivity index (χ4v) is 2.05. The van der Waals surface area contributed by atoms with E-state index in [-0.39, 0.29) is 0 Å². The highest BCUT2D eigenvalue weighted by atomic mass is 14.3. The molecule has 0 aromatic heterocycles. The maximum atomic E-state index is 2.35. The van der Waals surface area contributed by atoms with E-state index in [1.807, 2.05) is 0 Å². The van der Waals surface area contributed by atoms with E-state index in [2.05, 4.69) is 43.4 Å². The van der Waals surface area contributed by atoms with Gasteiger partial charge in [0.25, 0.3) is 0 Å². The molecule has 0 heteroatoms. The molecular formula is C11H14. The molecule has 0 aliphatic heterocycles. The van der Waals surface area contributed by atoms with Crippen LogP contribution < -0.4 is 0 Å². The van der Waals surface area contributed by atoms with E-state index in [1.165, 1.54) is 6.42 Å². The zero-order valence-electron chi connectivity index (χ0n) is 6.90. The van der Waals surface area contributed by atoms with Crippen molar-refractivity contribution in [3.63, 3.8) is 0 Å². The van der Waals surface area contributed by atoms with Gasteiger partial charge in [-0.2, -0.15) is 0 Å².